The minimum absolute atomic E-state index is 0. The Balaban J connectivity index is 0.000000640. The maximum absolute atomic E-state index is 2.22. The molecule has 0 bridgehead atoms. The van der Waals surface area contributed by atoms with Gasteiger partial charge < -0.3 is 12.4 Å². The Bertz CT molecular complexity index is 134. The molecule has 0 saturated heterocycles. The molecule has 0 aliphatic heterocycles. The molecule has 0 aromatic rings. The molecule has 1 aliphatic carbocycles. The Morgan fingerprint density at radius 2 is 2.22 bits per heavy atom. The van der Waals surface area contributed by atoms with Crippen LogP contribution in [0.5, 0.6) is 0 Å². The van der Waals surface area contributed by atoms with E-state index in [2.05, 4.69) is 32.1 Å². The van der Waals surface area contributed by atoms with Gasteiger partial charge in [0.25, 0.3) is 0 Å². The van der Waals surface area contributed by atoms with Crippen LogP contribution in [0.4, 0.5) is 0 Å². The van der Waals surface area contributed by atoms with Crippen LogP contribution in [0.1, 0.15) is 20.3 Å². The van der Waals surface area contributed by atoms with Crippen molar-refractivity contribution in [1.29, 1.82) is 0 Å². The Hall–Kier alpha value is -0.360. The summed E-state index contributed by atoms with van der Waals surface area (Å²) in [6, 6.07) is 0. The molecule has 0 spiro atoms. The van der Waals surface area contributed by atoms with Gasteiger partial charge in [0.1, 0.15) is 0 Å². The average Bonchev–Trinajstić information content (AvgIpc) is 2.14. The second-order valence-electron chi connectivity index (χ2n) is 2.15. The average molecular weight is 143 g/mol. The first-order chi connectivity index (χ1) is 3.83. The highest BCUT2D eigenvalue weighted by Gasteiger charge is 2.10. The lowest BCUT2D eigenvalue weighted by atomic mass is 10.2. The third-order valence-corrected chi connectivity index (χ3v) is 1.38. The number of hydrogen-bond donors (Lipinski definition) is 0. The van der Waals surface area contributed by atoms with Crippen LogP contribution in [0, 0.1) is 5.92 Å². The van der Waals surface area contributed by atoms with Gasteiger partial charge in [0, 0.05) is 13.3 Å². The summed E-state index contributed by atoms with van der Waals surface area (Å²) >= 11 is 0. The topological polar surface area (TPSA) is 0 Å². The van der Waals surface area contributed by atoms with E-state index < -0.39 is 0 Å². The van der Waals surface area contributed by atoms with Gasteiger partial charge in [-0.3, -0.25) is 0 Å². The lowest BCUT2D eigenvalue weighted by Gasteiger charge is -1.79. The van der Waals surface area contributed by atoms with Crippen LogP contribution in [0.25, 0.3) is 0 Å². The van der Waals surface area contributed by atoms with Crippen LogP contribution in [0.2, 0.25) is 0 Å². The lowest BCUT2D eigenvalue weighted by molar-refractivity contribution is -0.00000176. The molecule has 0 atom stereocenters. The number of hydrogen-bond acceptors (Lipinski definition) is 0. The predicted octanol–water partition coefficient (Wildman–Crippen LogP) is -0.509. The van der Waals surface area contributed by atoms with Gasteiger partial charge in [0.15, 0.2) is 0 Å². The van der Waals surface area contributed by atoms with Gasteiger partial charge in [-0.1, -0.05) is 0 Å². The number of allylic oxidation sites excluding steroid dienone is 4. The largest absolute Gasteiger partial charge is 1.00 e. The predicted molar refractivity (Wildman–Crippen MR) is 36.4 cm³/mol. The molecule has 0 heterocycles. The van der Waals surface area contributed by atoms with E-state index in [9.17, 15) is 0 Å². The normalized spacial score (nSPS) is 15.3. The van der Waals surface area contributed by atoms with E-state index in [1.807, 2.05) is 0 Å². The summed E-state index contributed by atoms with van der Waals surface area (Å²) in [5.41, 5.74) is 1.45. The first-order valence-electron chi connectivity index (χ1n) is 3.05. The standard InChI is InChI=1S/C8H11.ClH/c1-3-8-5-4-7(2)6-8;/h4-6H,3H2,1-2H3;1H/q+1;/p-1. The van der Waals surface area contributed by atoms with Crippen molar-refractivity contribution in [2.24, 2.45) is 0 Å². The van der Waals surface area contributed by atoms with Crippen molar-refractivity contribution in [3.8, 4) is 0 Å². The molecule has 0 aromatic carbocycles. The highest BCUT2D eigenvalue weighted by molar-refractivity contribution is 5.39. The SMILES string of the molecule is CCC1=C[C+](C)C=C1.[Cl-]. The van der Waals surface area contributed by atoms with Crippen molar-refractivity contribution in [1.82, 2.24) is 0 Å². The van der Waals surface area contributed by atoms with Crippen molar-refractivity contribution < 1.29 is 12.4 Å². The molecule has 0 N–H and O–H groups in total. The number of halogens is 1. The molecule has 1 rings (SSSR count). The zero-order valence-electron chi connectivity index (χ0n) is 5.82. The molecular formula is C8H11Cl. The zero-order valence-corrected chi connectivity index (χ0v) is 6.57. The maximum Gasteiger partial charge on any atom is 0.0931 e. The monoisotopic (exact) mass is 142 g/mol. The van der Waals surface area contributed by atoms with Crippen LogP contribution in [-0.4, -0.2) is 0 Å². The van der Waals surface area contributed by atoms with Crippen LogP contribution in [0.3, 0.4) is 0 Å². The first-order valence-corrected chi connectivity index (χ1v) is 3.05. The van der Waals surface area contributed by atoms with E-state index in [0.29, 0.717) is 0 Å². The summed E-state index contributed by atoms with van der Waals surface area (Å²) in [5.74, 6) is 1.38. The van der Waals surface area contributed by atoms with Crippen LogP contribution >= 0.6 is 0 Å². The molecule has 0 amide bonds. The Labute approximate surface area is 63.1 Å². The van der Waals surface area contributed by atoms with Crippen molar-refractivity contribution in [3.05, 3.63) is 29.7 Å². The van der Waals surface area contributed by atoms with Crippen molar-refractivity contribution >= 4 is 0 Å². The van der Waals surface area contributed by atoms with Crippen LogP contribution < -0.4 is 12.4 Å². The van der Waals surface area contributed by atoms with E-state index in [-0.39, 0.29) is 12.4 Å². The molecular weight excluding hydrogens is 132 g/mol. The van der Waals surface area contributed by atoms with Gasteiger partial charge in [0.05, 0.1) is 29.7 Å². The third-order valence-electron chi connectivity index (χ3n) is 1.38. The fourth-order valence-corrected chi connectivity index (χ4v) is 0.847. The summed E-state index contributed by atoms with van der Waals surface area (Å²) in [7, 11) is 0. The molecule has 1 heteroatoms. The Morgan fingerprint density at radius 1 is 1.56 bits per heavy atom. The minimum Gasteiger partial charge on any atom is -1.00 e. The van der Waals surface area contributed by atoms with Gasteiger partial charge in [-0.2, -0.15) is 0 Å². The van der Waals surface area contributed by atoms with E-state index in [1.165, 1.54) is 11.5 Å². The Morgan fingerprint density at radius 3 is 2.44 bits per heavy atom. The summed E-state index contributed by atoms with van der Waals surface area (Å²) in [5, 5.41) is 0. The van der Waals surface area contributed by atoms with E-state index in [1.54, 1.807) is 0 Å². The summed E-state index contributed by atoms with van der Waals surface area (Å²) in [4.78, 5) is 0. The zero-order chi connectivity index (χ0) is 5.98. The minimum atomic E-state index is 0. The highest BCUT2D eigenvalue weighted by atomic mass is 35.5. The first kappa shape index (κ1) is 8.64. The van der Waals surface area contributed by atoms with Crippen molar-refractivity contribution in [2.45, 2.75) is 20.3 Å². The van der Waals surface area contributed by atoms with Gasteiger partial charge in [-0.15, -0.1) is 0 Å². The molecule has 1 aliphatic rings. The lowest BCUT2D eigenvalue weighted by Crippen LogP contribution is -3.00. The summed E-state index contributed by atoms with van der Waals surface area (Å²) in [6.45, 7) is 4.30. The molecule has 0 unspecified atom stereocenters. The summed E-state index contributed by atoms with van der Waals surface area (Å²) < 4.78 is 0. The van der Waals surface area contributed by atoms with Crippen LogP contribution in [-0.2, 0) is 0 Å². The van der Waals surface area contributed by atoms with Gasteiger partial charge in [0.2, 0.25) is 0 Å². The molecule has 0 aromatic heterocycles. The maximum atomic E-state index is 2.22. The smallest absolute Gasteiger partial charge is 0.0931 e. The van der Waals surface area contributed by atoms with E-state index >= 15 is 0 Å². The van der Waals surface area contributed by atoms with E-state index in [4.69, 9.17) is 0 Å². The number of rotatable bonds is 1. The summed E-state index contributed by atoms with van der Waals surface area (Å²) in [6.07, 6.45) is 7.71. The van der Waals surface area contributed by atoms with Gasteiger partial charge in [-0.05, 0) is 6.92 Å². The molecule has 0 saturated carbocycles. The second kappa shape index (κ2) is 3.62. The fraction of sp³-hybridized carbons (Fsp3) is 0.375. The Kier molecular flexibility index (Phi) is 3.48. The second-order valence-corrected chi connectivity index (χ2v) is 2.15. The van der Waals surface area contributed by atoms with Gasteiger partial charge >= 0.3 is 0 Å². The molecule has 0 radical (unpaired) electrons. The highest BCUT2D eigenvalue weighted by Crippen LogP contribution is 2.18. The third kappa shape index (κ3) is 2.15. The quantitative estimate of drug-likeness (QED) is 0.433. The van der Waals surface area contributed by atoms with Gasteiger partial charge in [-0.25, -0.2) is 0 Å². The van der Waals surface area contributed by atoms with Crippen molar-refractivity contribution in [3.63, 3.8) is 0 Å². The molecule has 9 heavy (non-hydrogen) atoms. The van der Waals surface area contributed by atoms with E-state index in [0.717, 1.165) is 6.42 Å². The molecule has 0 nitrogen and oxygen atoms in total. The van der Waals surface area contributed by atoms with Crippen LogP contribution in [0.15, 0.2) is 23.8 Å². The van der Waals surface area contributed by atoms with Crippen molar-refractivity contribution in [2.75, 3.05) is 0 Å². The fourth-order valence-electron chi connectivity index (χ4n) is 0.847. The molecule has 0 fully saturated rings. The molecule has 50 valence electrons.